The summed E-state index contributed by atoms with van der Waals surface area (Å²) in [5.74, 6) is -3.10. The van der Waals surface area contributed by atoms with E-state index in [1.807, 2.05) is 44.4 Å². The second kappa shape index (κ2) is 15.9. The summed E-state index contributed by atoms with van der Waals surface area (Å²) in [7, 11) is 0. The number of primary amides is 1. The number of para-hydroxylation sites is 1. The van der Waals surface area contributed by atoms with E-state index < -0.39 is 53.8 Å². The summed E-state index contributed by atoms with van der Waals surface area (Å²) >= 11 is 1.48. The van der Waals surface area contributed by atoms with Crippen LogP contribution in [0.4, 0.5) is 0 Å². The van der Waals surface area contributed by atoms with Gasteiger partial charge < -0.3 is 37.5 Å². The highest BCUT2D eigenvalue weighted by Gasteiger charge is 2.31. The number of fused-ring (bicyclic) bond motifs is 1. The fourth-order valence-corrected chi connectivity index (χ4v) is 4.65. The lowest BCUT2D eigenvalue weighted by molar-refractivity contribution is -0.142. The average Bonchev–Trinajstić information content (AvgIpc) is 3.30. The third-order valence-electron chi connectivity index (χ3n) is 6.34. The molecule has 0 fully saturated rings. The first-order valence-corrected chi connectivity index (χ1v) is 14.5. The molecule has 9 N–H and O–H groups in total. The lowest BCUT2D eigenvalue weighted by Crippen LogP contribution is -2.57. The van der Waals surface area contributed by atoms with Gasteiger partial charge in [-0.25, -0.2) is 4.79 Å². The smallest absolute Gasteiger partial charge is 0.326 e. The Hall–Kier alpha value is -3.58. The van der Waals surface area contributed by atoms with Gasteiger partial charge in [0.1, 0.15) is 18.1 Å². The summed E-state index contributed by atoms with van der Waals surface area (Å²) in [5, 5.41) is 18.6. The van der Waals surface area contributed by atoms with E-state index in [0.717, 1.165) is 16.5 Å². The minimum atomic E-state index is -1.23. The first-order valence-electron chi connectivity index (χ1n) is 13.1. The summed E-state index contributed by atoms with van der Waals surface area (Å²) in [4.78, 5) is 65.3. The molecular formula is C27H40N6O6S. The van der Waals surface area contributed by atoms with E-state index in [1.54, 1.807) is 6.20 Å². The maximum Gasteiger partial charge on any atom is 0.326 e. The van der Waals surface area contributed by atoms with Crippen molar-refractivity contribution in [2.75, 3.05) is 12.0 Å². The van der Waals surface area contributed by atoms with E-state index >= 15 is 0 Å². The van der Waals surface area contributed by atoms with Crippen LogP contribution in [0, 0.1) is 5.92 Å². The largest absolute Gasteiger partial charge is 0.480 e. The van der Waals surface area contributed by atoms with Crippen molar-refractivity contribution in [2.45, 2.75) is 70.1 Å². The highest BCUT2D eigenvalue weighted by atomic mass is 32.2. The maximum absolute atomic E-state index is 13.3. The van der Waals surface area contributed by atoms with Crippen LogP contribution in [-0.4, -0.2) is 75.9 Å². The van der Waals surface area contributed by atoms with Crippen molar-refractivity contribution < 1.29 is 29.1 Å². The Balaban J connectivity index is 2.15. The third kappa shape index (κ3) is 10.2. The Morgan fingerprint density at radius 3 is 2.20 bits per heavy atom. The zero-order valence-electron chi connectivity index (χ0n) is 23.1. The van der Waals surface area contributed by atoms with Crippen molar-refractivity contribution in [1.29, 1.82) is 0 Å². The number of carbonyl (C=O) groups excluding carboxylic acids is 4. The molecule has 220 valence electrons. The zero-order valence-corrected chi connectivity index (χ0v) is 23.9. The van der Waals surface area contributed by atoms with Gasteiger partial charge in [0, 0.05) is 29.9 Å². The van der Waals surface area contributed by atoms with Crippen LogP contribution >= 0.6 is 11.8 Å². The normalized spacial score (nSPS) is 14.2. The highest BCUT2D eigenvalue weighted by molar-refractivity contribution is 7.98. The Labute approximate surface area is 237 Å². The van der Waals surface area contributed by atoms with E-state index in [0.29, 0.717) is 5.75 Å². The van der Waals surface area contributed by atoms with Gasteiger partial charge in [-0.1, -0.05) is 32.0 Å². The van der Waals surface area contributed by atoms with Gasteiger partial charge >= 0.3 is 5.97 Å². The molecule has 4 unspecified atom stereocenters. The van der Waals surface area contributed by atoms with Crippen molar-refractivity contribution >= 4 is 52.3 Å². The number of hydrogen-bond donors (Lipinski definition) is 7. The van der Waals surface area contributed by atoms with Gasteiger partial charge in [-0.15, -0.1) is 0 Å². The molecule has 1 aromatic heterocycles. The maximum atomic E-state index is 13.3. The number of hydrogen-bond acceptors (Lipinski definition) is 7. The predicted molar refractivity (Wildman–Crippen MR) is 154 cm³/mol. The molecule has 13 heteroatoms. The van der Waals surface area contributed by atoms with E-state index in [4.69, 9.17) is 11.5 Å². The van der Waals surface area contributed by atoms with E-state index in [2.05, 4.69) is 20.9 Å². The molecular weight excluding hydrogens is 536 g/mol. The van der Waals surface area contributed by atoms with Crippen LogP contribution in [0.25, 0.3) is 10.9 Å². The van der Waals surface area contributed by atoms with Crippen molar-refractivity contribution in [1.82, 2.24) is 20.9 Å². The molecule has 2 aromatic rings. The van der Waals surface area contributed by atoms with Crippen LogP contribution in [0.2, 0.25) is 0 Å². The number of carboxylic acid groups (broad SMARTS) is 1. The quantitative estimate of drug-likeness (QED) is 0.142. The second-order valence-corrected chi connectivity index (χ2v) is 11.1. The minimum absolute atomic E-state index is 0.00518. The van der Waals surface area contributed by atoms with Crippen molar-refractivity contribution in [3.8, 4) is 0 Å². The molecule has 4 amide bonds. The number of rotatable bonds is 17. The number of nitrogens with two attached hydrogens (primary N) is 2. The molecule has 1 aromatic carbocycles. The van der Waals surface area contributed by atoms with Crippen LogP contribution in [0.5, 0.6) is 0 Å². The average molecular weight is 577 g/mol. The number of aromatic nitrogens is 1. The molecule has 12 nitrogen and oxygen atoms in total. The number of aliphatic carboxylic acids is 1. The van der Waals surface area contributed by atoms with Crippen LogP contribution in [0.15, 0.2) is 30.5 Å². The summed E-state index contributed by atoms with van der Waals surface area (Å²) < 4.78 is 0. The number of thioether (sulfide) groups is 1. The fourth-order valence-electron chi connectivity index (χ4n) is 4.18. The third-order valence-corrected chi connectivity index (χ3v) is 6.98. The summed E-state index contributed by atoms with van der Waals surface area (Å²) in [6, 6.07) is 3.17. The number of carboxylic acids is 1. The van der Waals surface area contributed by atoms with Gasteiger partial charge in [0.05, 0.1) is 6.04 Å². The molecule has 0 radical (unpaired) electrons. The van der Waals surface area contributed by atoms with Gasteiger partial charge in [-0.05, 0) is 48.8 Å². The molecule has 0 saturated carbocycles. The number of amides is 4. The summed E-state index contributed by atoms with van der Waals surface area (Å²) in [6.45, 7) is 3.75. The second-order valence-electron chi connectivity index (χ2n) is 10.1. The molecule has 4 atom stereocenters. The molecule has 0 saturated heterocycles. The Bertz CT molecular complexity index is 1190. The van der Waals surface area contributed by atoms with Crippen LogP contribution < -0.4 is 27.4 Å². The predicted octanol–water partition coefficient (Wildman–Crippen LogP) is 0.641. The zero-order chi connectivity index (χ0) is 29.8. The lowest BCUT2D eigenvalue weighted by Gasteiger charge is -2.26. The molecule has 2 rings (SSSR count). The number of carbonyl (C=O) groups is 5. The monoisotopic (exact) mass is 576 g/mol. The van der Waals surface area contributed by atoms with Crippen molar-refractivity contribution in [3.63, 3.8) is 0 Å². The Morgan fingerprint density at radius 1 is 0.950 bits per heavy atom. The van der Waals surface area contributed by atoms with Gasteiger partial charge in [0.15, 0.2) is 0 Å². The molecule has 0 aliphatic carbocycles. The summed E-state index contributed by atoms with van der Waals surface area (Å²) in [5.41, 5.74) is 12.6. The lowest BCUT2D eigenvalue weighted by atomic mass is 10.0. The first-order chi connectivity index (χ1) is 18.9. The van der Waals surface area contributed by atoms with Gasteiger partial charge in [0.25, 0.3) is 0 Å². The molecule has 1 heterocycles. The molecule has 0 aliphatic heterocycles. The van der Waals surface area contributed by atoms with E-state index in [1.165, 1.54) is 11.8 Å². The Kier molecular flexibility index (Phi) is 12.9. The first kappa shape index (κ1) is 32.6. The summed E-state index contributed by atoms with van der Waals surface area (Å²) in [6.07, 6.45) is 4.09. The molecule has 0 spiro atoms. The van der Waals surface area contributed by atoms with E-state index in [-0.39, 0.29) is 38.0 Å². The van der Waals surface area contributed by atoms with Gasteiger partial charge in [0.2, 0.25) is 23.6 Å². The number of aromatic amines is 1. The van der Waals surface area contributed by atoms with Crippen molar-refractivity contribution in [2.24, 2.45) is 17.4 Å². The SMILES string of the molecule is CSCCC(NC(=O)C(N)CCC(N)=O)C(=O)NC(CC(C)C)C(=O)NC(Cc1c[nH]c2ccccc12)C(=O)O. The van der Waals surface area contributed by atoms with Gasteiger partial charge in [-0.2, -0.15) is 11.8 Å². The van der Waals surface area contributed by atoms with E-state index in [9.17, 15) is 29.1 Å². The van der Waals surface area contributed by atoms with Crippen LogP contribution in [0.1, 0.15) is 45.1 Å². The van der Waals surface area contributed by atoms with Crippen LogP contribution in [-0.2, 0) is 30.4 Å². The van der Waals surface area contributed by atoms with Crippen LogP contribution in [0.3, 0.4) is 0 Å². The minimum Gasteiger partial charge on any atom is -0.480 e. The fraction of sp³-hybridized carbons (Fsp3) is 0.519. The highest BCUT2D eigenvalue weighted by Crippen LogP contribution is 2.19. The Morgan fingerprint density at radius 2 is 1.57 bits per heavy atom. The number of benzene rings is 1. The number of H-pyrrole nitrogens is 1. The molecule has 0 aliphatic rings. The number of nitrogens with one attached hydrogen (secondary N) is 4. The van der Waals surface area contributed by atoms with Crippen molar-refractivity contribution in [3.05, 3.63) is 36.0 Å². The topological polar surface area (TPSA) is 209 Å². The van der Waals surface area contributed by atoms with Gasteiger partial charge in [-0.3, -0.25) is 19.2 Å². The molecule has 40 heavy (non-hydrogen) atoms. The molecule has 0 bridgehead atoms. The standard InChI is InChI=1S/C27H40N6O6S/c1-15(2)12-21(32-25(36)20(10-11-40-3)31-24(35)18(28)8-9-23(29)34)26(37)33-22(27(38)39)13-16-14-30-19-7-5-4-6-17(16)19/h4-7,14-15,18,20-22,30H,8-13,28H2,1-3H3,(H2,29,34)(H,31,35)(H,32,36)(H,33,37)(H,38,39).